The maximum absolute atomic E-state index is 13.4. The first-order valence-corrected chi connectivity index (χ1v) is 6.64. The highest BCUT2D eigenvalue weighted by Gasteiger charge is 2.08. The van der Waals surface area contributed by atoms with E-state index in [0.29, 0.717) is 17.2 Å². The predicted octanol–water partition coefficient (Wildman–Crippen LogP) is 3.99. The van der Waals surface area contributed by atoms with Crippen LogP contribution in [0.4, 0.5) is 10.2 Å². The number of anilines is 1. The Balaban J connectivity index is 2.14. The van der Waals surface area contributed by atoms with Crippen LogP contribution in [-0.2, 0) is 0 Å². The van der Waals surface area contributed by atoms with E-state index in [1.165, 1.54) is 12.1 Å². The zero-order valence-electron chi connectivity index (χ0n) is 11.5. The van der Waals surface area contributed by atoms with Crippen LogP contribution >= 0.6 is 0 Å². The van der Waals surface area contributed by atoms with Gasteiger partial charge in [0.25, 0.3) is 0 Å². The van der Waals surface area contributed by atoms with Crippen LogP contribution in [0, 0.1) is 5.82 Å². The van der Waals surface area contributed by atoms with Gasteiger partial charge in [0.05, 0.1) is 5.69 Å². The highest BCUT2D eigenvalue weighted by atomic mass is 19.1. The predicted molar refractivity (Wildman–Crippen MR) is 82.4 cm³/mol. The molecule has 0 amide bonds. The third-order valence-corrected chi connectivity index (χ3v) is 3.13. The summed E-state index contributed by atoms with van der Waals surface area (Å²) in [6, 6.07) is 18.0. The van der Waals surface area contributed by atoms with Crippen molar-refractivity contribution in [2.75, 3.05) is 12.4 Å². The van der Waals surface area contributed by atoms with Gasteiger partial charge in [-0.05, 0) is 12.1 Å². The fourth-order valence-corrected chi connectivity index (χ4v) is 2.09. The van der Waals surface area contributed by atoms with Gasteiger partial charge in [0.2, 0.25) is 0 Å². The molecule has 3 rings (SSSR count). The maximum Gasteiger partial charge on any atom is 0.162 e. The van der Waals surface area contributed by atoms with E-state index in [1.807, 2.05) is 36.4 Å². The van der Waals surface area contributed by atoms with Gasteiger partial charge in [-0.1, -0.05) is 42.5 Å². The highest BCUT2D eigenvalue weighted by Crippen LogP contribution is 2.24. The van der Waals surface area contributed by atoms with Crippen molar-refractivity contribution in [2.24, 2.45) is 0 Å². The quantitative estimate of drug-likeness (QED) is 0.787. The van der Waals surface area contributed by atoms with Gasteiger partial charge in [0, 0.05) is 24.2 Å². The topological polar surface area (TPSA) is 37.8 Å². The summed E-state index contributed by atoms with van der Waals surface area (Å²) < 4.78 is 13.4. The van der Waals surface area contributed by atoms with E-state index in [0.717, 1.165) is 11.3 Å². The first kappa shape index (κ1) is 13.2. The SMILES string of the molecule is CNc1cc(-c2ccccc2)nc(-c2cccc(F)c2)n1. The lowest BCUT2D eigenvalue weighted by atomic mass is 10.1. The average molecular weight is 279 g/mol. The molecule has 1 N–H and O–H groups in total. The molecule has 104 valence electrons. The van der Waals surface area contributed by atoms with Gasteiger partial charge >= 0.3 is 0 Å². The van der Waals surface area contributed by atoms with Gasteiger partial charge in [-0.15, -0.1) is 0 Å². The number of nitrogens with one attached hydrogen (secondary N) is 1. The number of hydrogen-bond acceptors (Lipinski definition) is 3. The molecule has 0 aliphatic rings. The molecule has 0 fully saturated rings. The monoisotopic (exact) mass is 279 g/mol. The Labute approximate surface area is 122 Å². The van der Waals surface area contributed by atoms with Gasteiger partial charge in [-0.3, -0.25) is 0 Å². The summed E-state index contributed by atoms with van der Waals surface area (Å²) in [4.78, 5) is 8.95. The van der Waals surface area contributed by atoms with Crippen molar-refractivity contribution in [3.8, 4) is 22.6 Å². The van der Waals surface area contributed by atoms with E-state index < -0.39 is 0 Å². The average Bonchev–Trinajstić information content (AvgIpc) is 2.55. The van der Waals surface area contributed by atoms with Crippen LogP contribution in [-0.4, -0.2) is 17.0 Å². The molecular weight excluding hydrogens is 265 g/mol. The molecule has 0 bridgehead atoms. The third-order valence-electron chi connectivity index (χ3n) is 3.13. The smallest absolute Gasteiger partial charge is 0.162 e. The summed E-state index contributed by atoms with van der Waals surface area (Å²) in [6.45, 7) is 0. The summed E-state index contributed by atoms with van der Waals surface area (Å²) in [7, 11) is 1.80. The molecule has 1 heterocycles. The van der Waals surface area contributed by atoms with E-state index in [4.69, 9.17) is 0 Å². The molecule has 0 unspecified atom stereocenters. The largest absolute Gasteiger partial charge is 0.373 e. The number of nitrogens with zero attached hydrogens (tertiary/aromatic N) is 2. The minimum absolute atomic E-state index is 0.299. The molecule has 0 aliphatic carbocycles. The van der Waals surface area contributed by atoms with Gasteiger partial charge < -0.3 is 5.32 Å². The lowest BCUT2D eigenvalue weighted by Crippen LogP contribution is -1.99. The van der Waals surface area contributed by atoms with Crippen LogP contribution in [0.15, 0.2) is 60.7 Å². The maximum atomic E-state index is 13.4. The van der Waals surface area contributed by atoms with E-state index in [1.54, 1.807) is 19.2 Å². The summed E-state index contributed by atoms with van der Waals surface area (Å²) in [5.74, 6) is 0.899. The molecule has 0 atom stereocenters. The van der Waals surface area contributed by atoms with Crippen LogP contribution in [0.25, 0.3) is 22.6 Å². The summed E-state index contributed by atoms with van der Waals surface area (Å²) in [5.41, 5.74) is 2.45. The van der Waals surface area contributed by atoms with E-state index in [-0.39, 0.29) is 5.82 Å². The van der Waals surface area contributed by atoms with Crippen molar-refractivity contribution in [3.05, 3.63) is 66.5 Å². The second kappa shape index (κ2) is 5.71. The minimum Gasteiger partial charge on any atom is -0.373 e. The lowest BCUT2D eigenvalue weighted by Gasteiger charge is -2.08. The second-order valence-electron chi connectivity index (χ2n) is 4.59. The fraction of sp³-hybridized carbons (Fsp3) is 0.0588. The molecule has 0 saturated carbocycles. The lowest BCUT2D eigenvalue weighted by molar-refractivity contribution is 0.628. The van der Waals surface area contributed by atoms with E-state index in [2.05, 4.69) is 15.3 Å². The Morgan fingerprint density at radius 1 is 0.857 bits per heavy atom. The van der Waals surface area contributed by atoms with Gasteiger partial charge in [0.15, 0.2) is 5.82 Å². The van der Waals surface area contributed by atoms with E-state index >= 15 is 0 Å². The normalized spacial score (nSPS) is 10.4. The highest BCUT2D eigenvalue weighted by molar-refractivity contribution is 5.67. The van der Waals surface area contributed by atoms with Gasteiger partial charge in [-0.2, -0.15) is 0 Å². The molecule has 3 aromatic rings. The molecular formula is C17H14FN3. The third kappa shape index (κ3) is 2.89. The minimum atomic E-state index is -0.299. The number of hydrogen-bond donors (Lipinski definition) is 1. The Morgan fingerprint density at radius 3 is 2.33 bits per heavy atom. The zero-order chi connectivity index (χ0) is 14.7. The van der Waals surface area contributed by atoms with E-state index in [9.17, 15) is 4.39 Å². The van der Waals surface area contributed by atoms with Crippen molar-refractivity contribution in [1.29, 1.82) is 0 Å². The van der Waals surface area contributed by atoms with Crippen molar-refractivity contribution >= 4 is 5.82 Å². The summed E-state index contributed by atoms with van der Waals surface area (Å²) in [5, 5.41) is 3.02. The van der Waals surface area contributed by atoms with Gasteiger partial charge in [-0.25, -0.2) is 14.4 Å². The number of halogens is 1. The number of aromatic nitrogens is 2. The Bertz CT molecular complexity index is 757. The Hall–Kier alpha value is -2.75. The van der Waals surface area contributed by atoms with Gasteiger partial charge in [0.1, 0.15) is 11.6 Å². The molecule has 0 spiro atoms. The number of rotatable bonds is 3. The first-order valence-electron chi connectivity index (χ1n) is 6.64. The molecule has 2 aromatic carbocycles. The fourth-order valence-electron chi connectivity index (χ4n) is 2.09. The molecule has 0 radical (unpaired) electrons. The zero-order valence-corrected chi connectivity index (χ0v) is 11.5. The molecule has 3 nitrogen and oxygen atoms in total. The standard InChI is InChI=1S/C17H14FN3/c1-19-16-11-15(12-6-3-2-4-7-12)20-17(21-16)13-8-5-9-14(18)10-13/h2-11H,1H3,(H,19,20,21). The van der Waals surface area contributed by atoms with Crippen LogP contribution in [0.1, 0.15) is 0 Å². The van der Waals surface area contributed by atoms with Crippen molar-refractivity contribution in [1.82, 2.24) is 9.97 Å². The second-order valence-corrected chi connectivity index (χ2v) is 4.59. The molecule has 4 heteroatoms. The Morgan fingerprint density at radius 2 is 1.62 bits per heavy atom. The summed E-state index contributed by atoms with van der Waals surface area (Å²) >= 11 is 0. The van der Waals surface area contributed by atoms with Crippen molar-refractivity contribution in [3.63, 3.8) is 0 Å². The van der Waals surface area contributed by atoms with Crippen LogP contribution < -0.4 is 5.32 Å². The molecule has 21 heavy (non-hydrogen) atoms. The van der Waals surface area contributed by atoms with Crippen LogP contribution in [0.3, 0.4) is 0 Å². The van der Waals surface area contributed by atoms with Crippen molar-refractivity contribution in [2.45, 2.75) is 0 Å². The first-order chi connectivity index (χ1) is 10.3. The van der Waals surface area contributed by atoms with Crippen LogP contribution in [0.5, 0.6) is 0 Å². The van der Waals surface area contributed by atoms with Crippen molar-refractivity contribution < 1.29 is 4.39 Å². The van der Waals surface area contributed by atoms with Crippen LogP contribution in [0.2, 0.25) is 0 Å². The Kier molecular flexibility index (Phi) is 3.60. The molecule has 1 aromatic heterocycles. The molecule has 0 saturated heterocycles. The summed E-state index contributed by atoms with van der Waals surface area (Å²) in [6.07, 6.45) is 0. The number of benzene rings is 2. The molecule has 0 aliphatic heterocycles.